The molecule has 0 saturated carbocycles. The summed E-state index contributed by atoms with van der Waals surface area (Å²) in [6.07, 6.45) is 3.59. The average molecular weight is 334 g/mol. The van der Waals surface area contributed by atoms with Crippen LogP contribution in [0.2, 0.25) is 0 Å². The number of carbonyl (C=O) groups is 1. The molecule has 7 heteroatoms. The van der Waals surface area contributed by atoms with Crippen molar-refractivity contribution >= 4 is 39.3 Å². The van der Waals surface area contributed by atoms with Gasteiger partial charge in [0.05, 0.1) is 15.8 Å². The molecule has 0 spiro atoms. The highest BCUT2D eigenvalue weighted by Gasteiger charge is 2.19. The third kappa shape index (κ3) is 2.82. The maximum Gasteiger partial charge on any atom is 0.308 e. The zero-order chi connectivity index (χ0) is 15.7. The van der Waals surface area contributed by atoms with Gasteiger partial charge in [0, 0.05) is 13.1 Å². The molecule has 0 bridgehead atoms. The molecule has 0 atom stereocenters. The minimum Gasteiger partial charge on any atom is -0.415 e. The van der Waals surface area contributed by atoms with Crippen LogP contribution in [0, 0.1) is 5.82 Å². The smallest absolute Gasteiger partial charge is 0.308 e. The lowest BCUT2D eigenvalue weighted by atomic mass is 10.1. The van der Waals surface area contributed by atoms with Gasteiger partial charge in [0.2, 0.25) is 0 Å². The second-order valence-corrected chi connectivity index (χ2v) is 6.22. The lowest BCUT2D eigenvalue weighted by molar-refractivity contribution is -0.131. The number of hydrogen-bond acceptors (Lipinski definition) is 6. The Labute approximate surface area is 134 Å². The molecule has 0 aliphatic rings. The molecule has 0 aliphatic heterocycles. The van der Waals surface area contributed by atoms with Crippen LogP contribution in [0.5, 0.6) is 5.06 Å². The predicted octanol–water partition coefficient (Wildman–Crippen LogP) is 4.14. The number of rotatable bonds is 3. The van der Waals surface area contributed by atoms with Gasteiger partial charge in [-0.1, -0.05) is 35.2 Å². The normalized spacial score (nSPS) is 10.9. The second-order valence-electron chi connectivity index (χ2n) is 4.43. The quantitative estimate of drug-likeness (QED) is 0.409. The number of hydrogen-bond donors (Lipinski definition) is 0. The van der Waals surface area contributed by atoms with Crippen LogP contribution in [0.1, 0.15) is 6.92 Å². The summed E-state index contributed by atoms with van der Waals surface area (Å²) in [4.78, 5) is 20.1. The fourth-order valence-electron chi connectivity index (χ4n) is 2.03. The average Bonchev–Trinajstić information content (AvgIpc) is 2.84. The lowest BCUT2D eigenvalue weighted by Gasteiger charge is -2.04. The van der Waals surface area contributed by atoms with Crippen LogP contribution in [-0.2, 0) is 4.79 Å². The van der Waals surface area contributed by atoms with Crippen LogP contribution < -0.4 is 4.74 Å². The van der Waals surface area contributed by atoms with Gasteiger partial charge in [0.25, 0.3) is 0 Å². The molecular formula is C15H11FN2O2S2. The predicted molar refractivity (Wildman–Crippen MR) is 85.9 cm³/mol. The van der Waals surface area contributed by atoms with E-state index in [4.69, 9.17) is 4.74 Å². The SMILES string of the molecule is CSc1ncc2sc(OC(C)=O)c(-c3ccc(F)cc3)c2n1. The zero-order valence-electron chi connectivity index (χ0n) is 11.8. The van der Waals surface area contributed by atoms with Crippen molar-refractivity contribution < 1.29 is 13.9 Å². The van der Waals surface area contributed by atoms with Crippen molar-refractivity contribution in [2.45, 2.75) is 12.1 Å². The van der Waals surface area contributed by atoms with Crippen LogP contribution in [0.15, 0.2) is 35.6 Å². The number of halogens is 1. The Morgan fingerprint density at radius 2 is 2.05 bits per heavy atom. The molecule has 2 aromatic heterocycles. The summed E-state index contributed by atoms with van der Waals surface area (Å²) < 4.78 is 19.3. The minimum absolute atomic E-state index is 0.322. The van der Waals surface area contributed by atoms with E-state index in [0.717, 1.165) is 10.3 Å². The van der Waals surface area contributed by atoms with E-state index in [1.807, 2.05) is 6.26 Å². The van der Waals surface area contributed by atoms with Crippen LogP contribution in [0.3, 0.4) is 0 Å². The van der Waals surface area contributed by atoms with Crippen LogP contribution in [-0.4, -0.2) is 22.2 Å². The van der Waals surface area contributed by atoms with Crippen molar-refractivity contribution in [3.05, 3.63) is 36.3 Å². The van der Waals surface area contributed by atoms with Crippen LogP contribution in [0.25, 0.3) is 21.3 Å². The summed E-state index contributed by atoms with van der Waals surface area (Å²) in [5.41, 5.74) is 2.13. The minimum atomic E-state index is -0.409. The topological polar surface area (TPSA) is 52.1 Å². The third-order valence-electron chi connectivity index (χ3n) is 2.93. The molecule has 0 aliphatic carbocycles. The molecule has 0 amide bonds. The monoisotopic (exact) mass is 334 g/mol. The maximum absolute atomic E-state index is 13.2. The zero-order valence-corrected chi connectivity index (χ0v) is 13.4. The number of carbonyl (C=O) groups excluding carboxylic acids is 1. The van der Waals surface area contributed by atoms with Gasteiger partial charge in [-0.15, -0.1) is 0 Å². The van der Waals surface area contributed by atoms with Crippen molar-refractivity contribution in [1.82, 2.24) is 9.97 Å². The van der Waals surface area contributed by atoms with E-state index in [1.54, 1.807) is 18.3 Å². The van der Waals surface area contributed by atoms with E-state index >= 15 is 0 Å². The number of aromatic nitrogens is 2. The third-order valence-corrected chi connectivity index (χ3v) is 4.48. The number of ether oxygens (including phenoxy) is 1. The Balaban J connectivity index is 2.26. The molecule has 0 unspecified atom stereocenters. The molecule has 2 heterocycles. The highest BCUT2D eigenvalue weighted by atomic mass is 32.2. The van der Waals surface area contributed by atoms with E-state index in [2.05, 4.69) is 9.97 Å². The van der Waals surface area contributed by atoms with E-state index in [0.29, 0.717) is 21.3 Å². The van der Waals surface area contributed by atoms with Crippen LogP contribution in [0.4, 0.5) is 4.39 Å². The Morgan fingerprint density at radius 3 is 2.68 bits per heavy atom. The lowest BCUT2D eigenvalue weighted by Crippen LogP contribution is -2.00. The molecule has 3 aromatic rings. The molecular weight excluding hydrogens is 323 g/mol. The number of esters is 1. The molecule has 3 rings (SSSR count). The number of fused-ring (bicyclic) bond motifs is 1. The van der Waals surface area contributed by atoms with Gasteiger partial charge in [-0.25, -0.2) is 14.4 Å². The Kier molecular flexibility index (Phi) is 4.08. The van der Waals surface area contributed by atoms with Crippen molar-refractivity contribution in [2.75, 3.05) is 6.26 Å². The van der Waals surface area contributed by atoms with E-state index < -0.39 is 5.97 Å². The van der Waals surface area contributed by atoms with Crippen molar-refractivity contribution in [1.29, 1.82) is 0 Å². The summed E-state index contributed by atoms with van der Waals surface area (Å²) in [5.74, 6) is -0.732. The first-order valence-electron chi connectivity index (χ1n) is 6.36. The van der Waals surface area contributed by atoms with Gasteiger partial charge in [-0.05, 0) is 24.0 Å². The summed E-state index contributed by atoms with van der Waals surface area (Å²) in [5, 5.41) is 1.07. The highest BCUT2D eigenvalue weighted by Crippen LogP contribution is 2.43. The maximum atomic E-state index is 13.2. The number of benzene rings is 1. The molecule has 22 heavy (non-hydrogen) atoms. The van der Waals surface area contributed by atoms with Gasteiger partial charge in [-0.2, -0.15) is 0 Å². The summed E-state index contributed by atoms with van der Waals surface area (Å²) in [6, 6.07) is 6.02. The second kappa shape index (κ2) is 6.02. The molecule has 0 radical (unpaired) electrons. The van der Waals surface area contributed by atoms with Gasteiger partial charge < -0.3 is 4.74 Å². The Hall–Kier alpha value is -1.99. The molecule has 0 N–H and O–H groups in total. The van der Waals surface area contributed by atoms with Crippen LogP contribution >= 0.6 is 23.1 Å². The Bertz CT molecular complexity index is 847. The first-order valence-corrected chi connectivity index (χ1v) is 8.40. The standard InChI is InChI=1S/C15H11FN2O2S2/c1-8(19)20-14-12(9-3-5-10(16)6-4-9)13-11(22-14)7-17-15(18-13)21-2/h3-7H,1-2H3. The summed E-state index contributed by atoms with van der Waals surface area (Å²) >= 11 is 2.73. The fraction of sp³-hybridized carbons (Fsp3) is 0.133. The van der Waals surface area contributed by atoms with Gasteiger partial charge in [0.15, 0.2) is 10.2 Å². The summed E-state index contributed by atoms with van der Waals surface area (Å²) in [7, 11) is 0. The van der Waals surface area contributed by atoms with Crippen molar-refractivity contribution in [3.8, 4) is 16.2 Å². The first-order chi connectivity index (χ1) is 10.6. The van der Waals surface area contributed by atoms with Crippen molar-refractivity contribution in [2.24, 2.45) is 0 Å². The molecule has 0 fully saturated rings. The molecule has 4 nitrogen and oxygen atoms in total. The van der Waals surface area contributed by atoms with E-state index in [9.17, 15) is 9.18 Å². The largest absolute Gasteiger partial charge is 0.415 e. The van der Waals surface area contributed by atoms with Gasteiger partial charge in [0.1, 0.15) is 5.82 Å². The number of thiophene rings is 1. The van der Waals surface area contributed by atoms with E-state index in [-0.39, 0.29) is 5.82 Å². The van der Waals surface area contributed by atoms with Gasteiger partial charge in [-0.3, -0.25) is 4.79 Å². The highest BCUT2D eigenvalue weighted by molar-refractivity contribution is 7.98. The van der Waals surface area contributed by atoms with Crippen molar-refractivity contribution in [3.63, 3.8) is 0 Å². The number of nitrogens with zero attached hydrogens (tertiary/aromatic N) is 2. The van der Waals surface area contributed by atoms with E-state index in [1.165, 1.54) is 42.2 Å². The Morgan fingerprint density at radius 1 is 1.32 bits per heavy atom. The van der Waals surface area contributed by atoms with Gasteiger partial charge >= 0.3 is 5.97 Å². The molecule has 112 valence electrons. The first kappa shape index (κ1) is 14.9. The fourth-order valence-corrected chi connectivity index (χ4v) is 3.39. The molecule has 0 saturated heterocycles. The number of thioether (sulfide) groups is 1. The molecule has 1 aromatic carbocycles. The summed E-state index contributed by atoms with van der Waals surface area (Å²) in [6.45, 7) is 1.35.